The third-order valence-corrected chi connectivity index (χ3v) is 4.31. The first-order chi connectivity index (χ1) is 13.6. The van der Waals surface area contributed by atoms with Crippen LogP contribution in [0.5, 0.6) is 5.75 Å². The van der Waals surface area contributed by atoms with Crippen molar-refractivity contribution in [3.63, 3.8) is 0 Å². The van der Waals surface area contributed by atoms with Crippen molar-refractivity contribution in [2.45, 2.75) is 45.4 Å². The number of benzene rings is 2. The number of carbonyl (C=O) groups excluding carboxylic acids is 2. The maximum absolute atomic E-state index is 13.0. The predicted octanol–water partition coefficient (Wildman–Crippen LogP) is 4.79. The van der Waals surface area contributed by atoms with Crippen molar-refractivity contribution in [3.8, 4) is 5.75 Å². The summed E-state index contributed by atoms with van der Waals surface area (Å²) in [6, 6.07) is 13.0. The number of alkyl carbamates (subject to hydrolysis) is 1. The highest BCUT2D eigenvalue weighted by atomic mass is 35.5. The highest BCUT2D eigenvalue weighted by Crippen LogP contribution is 2.22. The third-order valence-electron chi connectivity index (χ3n) is 4.08. The quantitative estimate of drug-likeness (QED) is 0.706. The Hall–Kier alpha value is -2.73. The van der Waals surface area contributed by atoms with Crippen molar-refractivity contribution in [2.75, 3.05) is 7.11 Å². The minimum absolute atomic E-state index is 0.282. The van der Waals surface area contributed by atoms with E-state index >= 15 is 0 Å². The number of ether oxygens (including phenoxy) is 2. The molecule has 0 aliphatic rings. The fraction of sp³-hybridized carbons (Fsp3) is 0.364. The molecule has 29 heavy (non-hydrogen) atoms. The van der Waals surface area contributed by atoms with Crippen LogP contribution in [0.2, 0.25) is 5.02 Å². The van der Waals surface area contributed by atoms with Crippen molar-refractivity contribution in [1.29, 1.82) is 0 Å². The molecule has 2 rings (SSSR count). The van der Waals surface area contributed by atoms with E-state index in [0.29, 0.717) is 10.6 Å². The average molecular weight is 419 g/mol. The lowest BCUT2D eigenvalue weighted by Gasteiger charge is -2.25. The molecule has 2 amide bonds. The van der Waals surface area contributed by atoms with Gasteiger partial charge in [0.15, 0.2) is 0 Å². The Labute approximate surface area is 176 Å². The van der Waals surface area contributed by atoms with Crippen LogP contribution in [-0.4, -0.2) is 24.7 Å². The van der Waals surface area contributed by atoms with Gasteiger partial charge in [-0.25, -0.2) is 4.79 Å². The normalized spacial score (nSPS) is 13.2. The van der Waals surface area contributed by atoms with Crippen molar-refractivity contribution >= 4 is 23.6 Å². The molecule has 0 radical (unpaired) electrons. The molecule has 0 aliphatic carbocycles. The van der Waals surface area contributed by atoms with Crippen LogP contribution in [0.15, 0.2) is 48.5 Å². The number of halogens is 1. The lowest BCUT2D eigenvalue weighted by molar-refractivity contribution is -0.124. The van der Waals surface area contributed by atoms with E-state index in [4.69, 9.17) is 21.1 Å². The number of amides is 2. The largest absolute Gasteiger partial charge is 0.497 e. The molecule has 0 spiro atoms. The summed E-state index contributed by atoms with van der Waals surface area (Å²) in [6.45, 7) is 7.13. The second-order valence-corrected chi connectivity index (χ2v) is 8.07. The molecule has 1 unspecified atom stereocenters. The second-order valence-electron chi connectivity index (χ2n) is 7.64. The molecule has 0 heterocycles. The summed E-state index contributed by atoms with van der Waals surface area (Å²) < 4.78 is 10.5. The smallest absolute Gasteiger partial charge is 0.408 e. The zero-order valence-electron chi connectivity index (χ0n) is 17.3. The Morgan fingerprint density at radius 3 is 2.21 bits per heavy atom. The minimum atomic E-state index is -0.954. The maximum atomic E-state index is 13.0. The van der Waals surface area contributed by atoms with E-state index in [2.05, 4.69) is 10.6 Å². The Kier molecular flexibility index (Phi) is 7.51. The molecule has 7 heteroatoms. The number of carbonyl (C=O) groups is 2. The zero-order valence-corrected chi connectivity index (χ0v) is 18.0. The monoisotopic (exact) mass is 418 g/mol. The van der Waals surface area contributed by atoms with Crippen LogP contribution in [-0.2, 0) is 9.53 Å². The predicted molar refractivity (Wildman–Crippen MR) is 113 cm³/mol. The van der Waals surface area contributed by atoms with Gasteiger partial charge in [-0.2, -0.15) is 0 Å². The molecule has 2 aromatic rings. The van der Waals surface area contributed by atoms with E-state index in [1.165, 1.54) is 0 Å². The van der Waals surface area contributed by atoms with Gasteiger partial charge in [-0.15, -0.1) is 0 Å². The Bertz CT molecular complexity index is 847. The fourth-order valence-electron chi connectivity index (χ4n) is 2.68. The summed E-state index contributed by atoms with van der Waals surface area (Å²) >= 11 is 6.08. The van der Waals surface area contributed by atoms with Crippen molar-refractivity contribution in [3.05, 3.63) is 64.7 Å². The van der Waals surface area contributed by atoms with E-state index in [-0.39, 0.29) is 11.9 Å². The van der Waals surface area contributed by atoms with Gasteiger partial charge < -0.3 is 20.1 Å². The molecule has 0 aromatic heterocycles. The van der Waals surface area contributed by atoms with Gasteiger partial charge in [-0.05, 0) is 63.1 Å². The van der Waals surface area contributed by atoms with Gasteiger partial charge >= 0.3 is 6.09 Å². The molecule has 0 saturated heterocycles. The summed E-state index contributed by atoms with van der Waals surface area (Å²) in [5, 5.41) is 6.03. The molecule has 0 saturated carbocycles. The standard InChI is InChI=1S/C22H27ClN2O4/c1-14(15-9-11-18(28-5)12-10-15)24-20(26)19(16-7-6-8-17(23)13-16)25-21(27)29-22(2,3)4/h6-14,19H,1-5H3,(H,24,26)(H,25,27)/t14-,19?/m1/s1. The average Bonchev–Trinajstić information content (AvgIpc) is 2.64. The van der Waals surface area contributed by atoms with Crippen LogP contribution in [0.25, 0.3) is 0 Å². The SMILES string of the molecule is COc1ccc([C@@H](C)NC(=O)C(NC(=O)OC(C)(C)C)c2cccc(Cl)c2)cc1. The molecule has 156 valence electrons. The molecular formula is C22H27ClN2O4. The lowest BCUT2D eigenvalue weighted by Crippen LogP contribution is -2.43. The van der Waals surface area contributed by atoms with Crippen molar-refractivity contribution < 1.29 is 19.1 Å². The second kappa shape index (κ2) is 9.65. The molecule has 0 bridgehead atoms. The van der Waals surface area contributed by atoms with E-state index < -0.39 is 17.7 Å². The van der Waals surface area contributed by atoms with Gasteiger partial charge in [0.2, 0.25) is 5.91 Å². The summed E-state index contributed by atoms with van der Waals surface area (Å²) in [6.07, 6.45) is -0.685. The first kappa shape index (κ1) is 22.6. The number of nitrogens with one attached hydrogen (secondary N) is 2. The number of methoxy groups -OCH3 is 1. The van der Waals surface area contributed by atoms with Gasteiger partial charge in [0.25, 0.3) is 0 Å². The Morgan fingerprint density at radius 1 is 1.00 bits per heavy atom. The number of hydrogen-bond donors (Lipinski definition) is 2. The fourth-order valence-corrected chi connectivity index (χ4v) is 2.88. The van der Waals surface area contributed by atoms with Gasteiger partial charge in [0, 0.05) is 5.02 Å². The van der Waals surface area contributed by atoms with Crippen LogP contribution in [0.1, 0.15) is 50.9 Å². The van der Waals surface area contributed by atoms with Crippen LogP contribution >= 0.6 is 11.6 Å². The van der Waals surface area contributed by atoms with Gasteiger partial charge in [-0.1, -0.05) is 35.9 Å². The maximum Gasteiger partial charge on any atom is 0.408 e. The molecule has 2 aromatic carbocycles. The van der Waals surface area contributed by atoms with Crippen molar-refractivity contribution in [2.24, 2.45) is 0 Å². The lowest BCUT2D eigenvalue weighted by atomic mass is 10.0. The van der Waals surface area contributed by atoms with E-state index in [9.17, 15) is 9.59 Å². The molecule has 2 atom stereocenters. The van der Waals surface area contributed by atoms with E-state index in [1.54, 1.807) is 52.1 Å². The zero-order chi connectivity index (χ0) is 21.6. The minimum Gasteiger partial charge on any atom is -0.497 e. The van der Waals surface area contributed by atoms with Crippen LogP contribution in [0.4, 0.5) is 4.79 Å². The first-order valence-corrected chi connectivity index (χ1v) is 9.66. The van der Waals surface area contributed by atoms with Crippen LogP contribution in [0.3, 0.4) is 0 Å². The highest BCUT2D eigenvalue weighted by molar-refractivity contribution is 6.30. The van der Waals surface area contributed by atoms with Gasteiger partial charge in [-0.3, -0.25) is 4.79 Å². The van der Waals surface area contributed by atoms with Gasteiger partial charge in [0.1, 0.15) is 17.4 Å². The molecule has 0 aliphatic heterocycles. The van der Waals surface area contributed by atoms with E-state index in [0.717, 1.165) is 11.3 Å². The van der Waals surface area contributed by atoms with Crippen LogP contribution < -0.4 is 15.4 Å². The molecule has 2 N–H and O–H groups in total. The Balaban J connectivity index is 2.19. The first-order valence-electron chi connectivity index (χ1n) is 9.28. The molecule has 0 fully saturated rings. The highest BCUT2D eigenvalue weighted by Gasteiger charge is 2.27. The van der Waals surface area contributed by atoms with Gasteiger partial charge in [0.05, 0.1) is 13.2 Å². The Morgan fingerprint density at radius 2 is 1.66 bits per heavy atom. The summed E-state index contributed by atoms with van der Waals surface area (Å²) in [4.78, 5) is 25.3. The summed E-state index contributed by atoms with van der Waals surface area (Å²) in [5.74, 6) is 0.358. The number of hydrogen-bond acceptors (Lipinski definition) is 4. The number of rotatable bonds is 6. The topological polar surface area (TPSA) is 76.7 Å². The van der Waals surface area contributed by atoms with Crippen molar-refractivity contribution in [1.82, 2.24) is 10.6 Å². The molecule has 6 nitrogen and oxygen atoms in total. The summed E-state index contributed by atoms with van der Waals surface area (Å²) in [7, 11) is 1.60. The molecular weight excluding hydrogens is 392 g/mol. The van der Waals surface area contributed by atoms with Crippen LogP contribution in [0, 0.1) is 0 Å². The van der Waals surface area contributed by atoms with E-state index in [1.807, 2.05) is 31.2 Å². The third kappa shape index (κ3) is 6.98. The summed E-state index contributed by atoms with van der Waals surface area (Å²) in [5.41, 5.74) is 0.777.